The van der Waals surface area contributed by atoms with E-state index < -0.39 is 5.82 Å². The third-order valence-electron chi connectivity index (χ3n) is 4.21. The first-order valence-electron chi connectivity index (χ1n) is 7.99. The summed E-state index contributed by atoms with van der Waals surface area (Å²) in [5, 5.41) is 31.9. The van der Waals surface area contributed by atoms with Gasteiger partial charge >= 0.3 is 0 Å². The average Bonchev–Trinajstić information content (AvgIpc) is 2.60. The van der Waals surface area contributed by atoms with E-state index in [9.17, 15) is 19.7 Å². The highest BCUT2D eigenvalue weighted by Gasteiger charge is 2.17. The summed E-state index contributed by atoms with van der Waals surface area (Å²) in [6.07, 6.45) is 0.125. The van der Waals surface area contributed by atoms with Gasteiger partial charge in [-0.05, 0) is 68.3 Å². The van der Waals surface area contributed by atoms with Crippen LogP contribution in [0.5, 0.6) is 17.2 Å². The molecule has 0 saturated heterocycles. The second-order valence-corrected chi connectivity index (χ2v) is 8.80. The fraction of sp³-hybridized carbons (Fsp3) is 0.100. The normalized spacial score (nSPS) is 11.0. The van der Waals surface area contributed by atoms with Gasteiger partial charge in [-0.1, -0.05) is 23.2 Å². The van der Waals surface area contributed by atoms with Gasteiger partial charge in [0.05, 0.1) is 8.95 Å². The quantitative estimate of drug-likeness (QED) is 0.329. The van der Waals surface area contributed by atoms with Crippen molar-refractivity contribution in [3.05, 3.63) is 83.5 Å². The van der Waals surface area contributed by atoms with Crippen molar-refractivity contribution in [1.82, 2.24) is 0 Å². The molecule has 146 valence electrons. The van der Waals surface area contributed by atoms with E-state index in [0.29, 0.717) is 30.1 Å². The predicted molar refractivity (Wildman–Crippen MR) is 115 cm³/mol. The lowest BCUT2D eigenvalue weighted by Crippen LogP contribution is -1.98. The van der Waals surface area contributed by atoms with Crippen LogP contribution in [0.4, 0.5) is 4.39 Å². The molecule has 3 rings (SSSR count). The molecule has 3 N–H and O–H groups in total. The Morgan fingerprint density at radius 2 is 1.00 bits per heavy atom. The van der Waals surface area contributed by atoms with Gasteiger partial charge in [0.1, 0.15) is 23.1 Å². The van der Waals surface area contributed by atoms with E-state index >= 15 is 0 Å². The molecule has 0 saturated carbocycles. The van der Waals surface area contributed by atoms with Crippen LogP contribution < -0.4 is 0 Å². The maximum absolute atomic E-state index is 14.2. The van der Waals surface area contributed by atoms with E-state index in [1.54, 1.807) is 12.1 Å². The van der Waals surface area contributed by atoms with Crippen molar-refractivity contribution in [2.45, 2.75) is 12.8 Å². The van der Waals surface area contributed by atoms with E-state index in [1.807, 2.05) is 0 Å². The van der Waals surface area contributed by atoms with Gasteiger partial charge in [-0.15, -0.1) is 0 Å². The Balaban J connectivity index is 2.02. The van der Waals surface area contributed by atoms with Crippen LogP contribution in [0.25, 0.3) is 0 Å². The number of phenols is 3. The number of aromatic hydroxyl groups is 3. The molecule has 0 bridgehead atoms. The lowest BCUT2D eigenvalue weighted by atomic mass is 9.96. The predicted octanol–water partition coefficient (Wildman–Crippen LogP) is 6.96. The van der Waals surface area contributed by atoms with Crippen LogP contribution >= 0.6 is 55.1 Å². The number of rotatable bonds is 4. The van der Waals surface area contributed by atoms with Crippen LogP contribution in [0, 0.1) is 5.82 Å². The number of phenolic OH excluding ortho intramolecular Hbond substituents is 3. The topological polar surface area (TPSA) is 60.7 Å². The average molecular weight is 551 g/mol. The van der Waals surface area contributed by atoms with Gasteiger partial charge in [0.2, 0.25) is 0 Å². The fourth-order valence-corrected chi connectivity index (χ4v) is 4.65. The van der Waals surface area contributed by atoms with E-state index in [-0.39, 0.29) is 41.2 Å². The van der Waals surface area contributed by atoms with Gasteiger partial charge in [-0.3, -0.25) is 0 Å². The first-order chi connectivity index (χ1) is 13.2. The van der Waals surface area contributed by atoms with Crippen molar-refractivity contribution in [3.8, 4) is 17.2 Å². The van der Waals surface area contributed by atoms with E-state index in [1.165, 1.54) is 24.3 Å². The molecule has 0 aliphatic heterocycles. The molecular weight excluding hydrogens is 538 g/mol. The molecule has 0 aromatic heterocycles. The lowest BCUT2D eigenvalue weighted by molar-refractivity contribution is 0.453. The first kappa shape index (κ1) is 21.2. The van der Waals surface area contributed by atoms with Crippen LogP contribution in [-0.4, -0.2) is 15.3 Å². The van der Waals surface area contributed by atoms with Crippen molar-refractivity contribution in [3.63, 3.8) is 0 Å². The van der Waals surface area contributed by atoms with E-state index in [0.717, 1.165) is 0 Å². The Hall–Kier alpha value is -1.47. The van der Waals surface area contributed by atoms with Gasteiger partial charge in [-0.2, -0.15) is 0 Å². The molecule has 0 aliphatic rings. The Bertz CT molecular complexity index is 993. The van der Waals surface area contributed by atoms with Gasteiger partial charge in [-0.25, -0.2) is 4.39 Å². The SMILES string of the molecule is Oc1c(Br)cc(Cl)cc1Cc1cc(F)cc(Cc2cc(Cl)cc(Br)c2O)c1O. The zero-order valence-corrected chi connectivity index (χ0v) is 18.8. The zero-order valence-electron chi connectivity index (χ0n) is 14.1. The second-order valence-electron chi connectivity index (χ2n) is 6.22. The van der Waals surface area contributed by atoms with Gasteiger partial charge < -0.3 is 15.3 Å². The molecule has 3 nitrogen and oxygen atoms in total. The summed E-state index contributed by atoms with van der Waals surface area (Å²) in [7, 11) is 0. The van der Waals surface area contributed by atoms with Gasteiger partial charge in [0.25, 0.3) is 0 Å². The van der Waals surface area contributed by atoms with Crippen molar-refractivity contribution >= 4 is 55.1 Å². The fourth-order valence-electron chi connectivity index (χ4n) is 2.91. The van der Waals surface area contributed by atoms with Gasteiger partial charge in [0, 0.05) is 45.1 Å². The Morgan fingerprint density at radius 1 is 0.643 bits per heavy atom. The Labute approximate surface area is 187 Å². The molecule has 8 heteroatoms. The maximum Gasteiger partial charge on any atom is 0.133 e. The van der Waals surface area contributed by atoms with Crippen molar-refractivity contribution in [2.24, 2.45) is 0 Å². The number of hydrogen-bond donors (Lipinski definition) is 3. The van der Waals surface area contributed by atoms with Crippen LogP contribution in [0.1, 0.15) is 22.3 Å². The largest absolute Gasteiger partial charge is 0.507 e. The summed E-state index contributed by atoms with van der Waals surface area (Å²) in [5.41, 5.74) is 1.42. The minimum Gasteiger partial charge on any atom is -0.507 e. The van der Waals surface area contributed by atoms with Crippen LogP contribution in [-0.2, 0) is 12.8 Å². The van der Waals surface area contributed by atoms with Crippen molar-refractivity contribution in [1.29, 1.82) is 0 Å². The van der Waals surface area contributed by atoms with E-state index in [2.05, 4.69) is 31.9 Å². The Kier molecular flexibility index (Phi) is 6.44. The number of benzene rings is 3. The van der Waals surface area contributed by atoms with E-state index in [4.69, 9.17) is 23.2 Å². The highest BCUT2D eigenvalue weighted by Crippen LogP contribution is 2.38. The molecule has 28 heavy (non-hydrogen) atoms. The minimum atomic E-state index is -0.552. The summed E-state index contributed by atoms with van der Waals surface area (Å²) in [6.45, 7) is 0. The Morgan fingerprint density at radius 3 is 1.39 bits per heavy atom. The van der Waals surface area contributed by atoms with Crippen LogP contribution in [0.2, 0.25) is 10.0 Å². The zero-order chi connectivity index (χ0) is 20.6. The third-order valence-corrected chi connectivity index (χ3v) is 5.85. The molecule has 0 aliphatic carbocycles. The third kappa shape index (κ3) is 4.57. The maximum atomic E-state index is 14.2. The smallest absolute Gasteiger partial charge is 0.133 e. The first-order valence-corrected chi connectivity index (χ1v) is 10.3. The molecule has 0 heterocycles. The molecule has 0 amide bonds. The lowest BCUT2D eigenvalue weighted by Gasteiger charge is -2.14. The molecule has 0 radical (unpaired) electrons. The molecule has 0 spiro atoms. The molecule has 0 fully saturated rings. The molecule has 3 aromatic rings. The van der Waals surface area contributed by atoms with Crippen molar-refractivity contribution in [2.75, 3.05) is 0 Å². The number of halogens is 5. The van der Waals surface area contributed by atoms with Crippen LogP contribution in [0.3, 0.4) is 0 Å². The van der Waals surface area contributed by atoms with Crippen molar-refractivity contribution < 1.29 is 19.7 Å². The highest BCUT2D eigenvalue weighted by molar-refractivity contribution is 9.10. The monoisotopic (exact) mass is 548 g/mol. The molecular formula is C20H13Br2Cl2FO3. The molecule has 0 unspecified atom stereocenters. The van der Waals surface area contributed by atoms with Crippen LogP contribution in [0.15, 0.2) is 45.3 Å². The summed E-state index contributed by atoms with van der Waals surface area (Å²) in [5.74, 6) is -0.756. The standard InChI is InChI=1S/C20H13Br2Cl2FO3/c21-16-7-13(23)3-9(19(16)27)1-11-5-15(25)6-12(18(11)26)2-10-4-14(24)8-17(22)20(10)28/h3-8,26-28H,1-2H2. The van der Waals surface area contributed by atoms with Gasteiger partial charge in [0.15, 0.2) is 0 Å². The molecule has 0 atom stereocenters. The number of hydrogen-bond acceptors (Lipinski definition) is 3. The minimum absolute atomic E-state index is 0.0361. The molecule has 3 aromatic carbocycles. The summed E-state index contributed by atoms with van der Waals surface area (Å²) in [6, 6.07) is 8.56. The summed E-state index contributed by atoms with van der Waals surface area (Å²) in [4.78, 5) is 0. The second kappa shape index (κ2) is 8.49. The summed E-state index contributed by atoms with van der Waals surface area (Å²) >= 11 is 18.5. The summed E-state index contributed by atoms with van der Waals surface area (Å²) < 4.78 is 15.0. The highest BCUT2D eigenvalue weighted by atomic mass is 79.9.